The van der Waals surface area contributed by atoms with Gasteiger partial charge in [0.25, 0.3) is 0 Å². The normalized spacial score (nSPS) is 11.5. The van der Waals surface area contributed by atoms with Crippen molar-refractivity contribution >= 4 is 17.6 Å². The van der Waals surface area contributed by atoms with Crippen molar-refractivity contribution in [3.05, 3.63) is 28.3 Å². The first-order chi connectivity index (χ1) is 7.77. The second kappa shape index (κ2) is 4.96. The van der Waals surface area contributed by atoms with E-state index in [1.807, 2.05) is 13.0 Å². The van der Waals surface area contributed by atoms with Gasteiger partial charge in [-0.15, -0.1) is 0 Å². The van der Waals surface area contributed by atoms with Gasteiger partial charge < -0.3 is 10.2 Å². The van der Waals surface area contributed by atoms with Gasteiger partial charge in [0.15, 0.2) is 0 Å². The molecule has 0 heterocycles. The smallest absolute Gasteiger partial charge is 0.309 e. The summed E-state index contributed by atoms with van der Waals surface area (Å²) in [6.07, 6.45) is 1.04. The molecule has 0 aromatic heterocycles. The van der Waals surface area contributed by atoms with E-state index < -0.39 is 11.4 Å². The molecular weight excluding hydrogens is 240 g/mol. The molecule has 0 unspecified atom stereocenters. The fraction of sp³-hybridized carbons (Fsp3) is 0.462. The van der Waals surface area contributed by atoms with E-state index in [1.165, 1.54) is 0 Å². The van der Waals surface area contributed by atoms with Gasteiger partial charge in [-0.05, 0) is 43.9 Å². The third-order valence-electron chi connectivity index (χ3n) is 2.82. The lowest BCUT2D eigenvalue weighted by Gasteiger charge is -2.20. The number of hydrogen-bond donors (Lipinski definition) is 2. The van der Waals surface area contributed by atoms with Crippen LogP contribution in [0.25, 0.3) is 0 Å². The molecule has 0 saturated carbocycles. The average molecular weight is 257 g/mol. The fourth-order valence-corrected chi connectivity index (χ4v) is 1.87. The number of halogens is 1. The molecule has 0 saturated heterocycles. The molecule has 17 heavy (non-hydrogen) atoms. The van der Waals surface area contributed by atoms with Gasteiger partial charge in [-0.25, -0.2) is 0 Å². The van der Waals surface area contributed by atoms with E-state index in [0.717, 1.165) is 12.0 Å². The largest absolute Gasteiger partial charge is 0.506 e. The van der Waals surface area contributed by atoms with Crippen molar-refractivity contribution in [1.82, 2.24) is 0 Å². The lowest BCUT2D eigenvalue weighted by Crippen LogP contribution is -2.26. The second-order valence-electron chi connectivity index (χ2n) is 4.80. The Balaban J connectivity index is 3.14. The van der Waals surface area contributed by atoms with Crippen molar-refractivity contribution in [2.75, 3.05) is 0 Å². The predicted molar refractivity (Wildman–Crippen MR) is 67.6 cm³/mol. The van der Waals surface area contributed by atoms with Gasteiger partial charge >= 0.3 is 5.97 Å². The first-order valence-corrected chi connectivity index (χ1v) is 5.89. The van der Waals surface area contributed by atoms with E-state index in [1.54, 1.807) is 19.9 Å². The summed E-state index contributed by atoms with van der Waals surface area (Å²) in [6.45, 7) is 5.23. The van der Waals surface area contributed by atoms with Gasteiger partial charge in [0.1, 0.15) is 5.75 Å². The third-order valence-corrected chi connectivity index (χ3v) is 3.11. The van der Waals surface area contributed by atoms with Gasteiger partial charge in [0.2, 0.25) is 0 Å². The molecule has 0 aliphatic heterocycles. The number of carboxylic acid groups (broad SMARTS) is 1. The van der Waals surface area contributed by atoms with E-state index in [0.29, 0.717) is 5.56 Å². The van der Waals surface area contributed by atoms with Crippen LogP contribution in [0.3, 0.4) is 0 Å². The number of phenols is 1. The first kappa shape index (κ1) is 13.8. The lowest BCUT2D eigenvalue weighted by atomic mass is 9.85. The molecule has 0 aliphatic carbocycles. The Morgan fingerprint density at radius 3 is 2.47 bits per heavy atom. The molecule has 1 aromatic carbocycles. The van der Waals surface area contributed by atoms with Crippen LogP contribution < -0.4 is 0 Å². The monoisotopic (exact) mass is 256 g/mol. The van der Waals surface area contributed by atoms with E-state index in [4.69, 9.17) is 16.7 Å². The van der Waals surface area contributed by atoms with Crippen LogP contribution in [0.4, 0.5) is 0 Å². The molecule has 1 aromatic rings. The molecule has 4 heteroatoms. The molecule has 1 rings (SSSR count). The number of phenolic OH excluding ortho intramolecular Hbond substituents is 1. The summed E-state index contributed by atoms with van der Waals surface area (Å²) in [6, 6.07) is 3.51. The van der Waals surface area contributed by atoms with Crippen LogP contribution in [0.15, 0.2) is 12.1 Å². The molecule has 0 amide bonds. The van der Waals surface area contributed by atoms with Crippen molar-refractivity contribution in [2.24, 2.45) is 5.41 Å². The summed E-state index contributed by atoms with van der Waals surface area (Å²) in [7, 11) is 0. The molecule has 2 N–H and O–H groups in total. The van der Waals surface area contributed by atoms with Gasteiger partial charge in [0.05, 0.1) is 10.4 Å². The molecule has 3 nitrogen and oxygen atoms in total. The van der Waals surface area contributed by atoms with Crippen LogP contribution in [-0.4, -0.2) is 16.2 Å². The van der Waals surface area contributed by atoms with E-state index >= 15 is 0 Å². The van der Waals surface area contributed by atoms with Crippen molar-refractivity contribution in [2.45, 2.75) is 33.6 Å². The molecule has 0 spiro atoms. The molecule has 0 bridgehead atoms. The van der Waals surface area contributed by atoms with E-state index in [9.17, 15) is 9.90 Å². The van der Waals surface area contributed by atoms with Crippen molar-refractivity contribution in [3.63, 3.8) is 0 Å². The molecular formula is C13H17ClO3. The van der Waals surface area contributed by atoms with Crippen LogP contribution in [0, 0.1) is 5.41 Å². The highest BCUT2D eigenvalue weighted by Crippen LogP contribution is 2.34. The molecule has 94 valence electrons. The van der Waals surface area contributed by atoms with Gasteiger partial charge in [0, 0.05) is 0 Å². The SMILES string of the molecule is CCc1cc(Cl)c(O)c(CC(C)(C)C(=O)O)c1. The summed E-state index contributed by atoms with van der Waals surface area (Å²) < 4.78 is 0. The second-order valence-corrected chi connectivity index (χ2v) is 5.21. The zero-order chi connectivity index (χ0) is 13.2. The summed E-state index contributed by atoms with van der Waals surface area (Å²) in [5.41, 5.74) is 0.651. The Morgan fingerprint density at radius 2 is 2.00 bits per heavy atom. The summed E-state index contributed by atoms with van der Waals surface area (Å²) >= 11 is 5.91. The number of rotatable bonds is 4. The quantitative estimate of drug-likeness (QED) is 0.869. The Kier molecular flexibility index (Phi) is 4.04. The summed E-state index contributed by atoms with van der Waals surface area (Å²) in [5, 5.41) is 19.2. The standard InChI is InChI=1S/C13H17ClO3/c1-4-8-5-9(11(15)10(14)6-8)7-13(2,3)12(16)17/h5-6,15H,4,7H2,1-3H3,(H,16,17). The van der Waals surface area contributed by atoms with Crippen LogP contribution in [0.5, 0.6) is 5.75 Å². The van der Waals surface area contributed by atoms with Crippen molar-refractivity contribution in [1.29, 1.82) is 0 Å². The zero-order valence-electron chi connectivity index (χ0n) is 10.2. The minimum absolute atomic E-state index is 0.0156. The Bertz CT molecular complexity index is 439. The number of aryl methyl sites for hydroxylation is 1. The van der Waals surface area contributed by atoms with Crippen molar-refractivity contribution in [3.8, 4) is 5.75 Å². The number of benzene rings is 1. The maximum absolute atomic E-state index is 11.1. The van der Waals surface area contributed by atoms with Crippen molar-refractivity contribution < 1.29 is 15.0 Å². The van der Waals surface area contributed by atoms with Gasteiger partial charge in [-0.1, -0.05) is 24.6 Å². The minimum Gasteiger partial charge on any atom is -0.506 e. The Morgan fingerprint density at radius 1 is 1.41 bits per heavy atom. The topological polar surface area (TPSA) is 57.5 Å². The van der Waals surface area contributed by atoms with Gasteiger partial charge in [-0.3, -0.25) is 4.79 Å². The average Bonchev–Trinajstić information content (AvgIpc) is 2.23. The van der Waals surface area contributed by atoms with E-state index in [2.05, 4.69) is 0 Å². The Labute approximate surface area is 106 Å². The van der Waals surface area contributed by atoms with E-state index in [-0.39, 0.29) is 17.2 Å². The zero-order valence-corrected chi connectivity index (χ0v) is 11.0. The highest BCUT2D eigenvalue weighted by Gasteiger charge is 2.29. The molecule has 0 radical (unpaired) electrons. The maximum atomic E-state index is 11.1. The first-order valence-electron chi connectivity index (χ1n) is 5.51. The van der Waals surface area contributed by atoms with Crippen LogP contribution in [0.1, 0.15) is 31.9 Å². The lowest BCUT2D eigenvalue weighted by molar-refractivity contribution is -0.146. The minimum atomic E-state index is -0.923. The fourth-order valence-electron chi connectivity index (χ4n) is 1.61. The van der Waals surface area contributed by atoms with Crippen LogP contribution >= 0.6 is 11.6 Å². The molecule has 0 atom stereocenters. The van der Waals surface area contributed by atoms with Gasteiger partial charge in [-0.2, -0.15) is 0 Å². The Hall–Kier alpha value is -1.22. The predicted octanol–water partition coefficient (Wildman–Crippen LogP) is 3.26. The number of aromatic hydroxyl groups is 1. The molecule has 0 aliphatic rings. The highest BCUT2D eigenvalue weighted by atomic mass is 35.5. The van der Waals surface area contributed by atoms with Crippen LogP contribution in [-0.2, 0) is 17.6 Å². The number of carboxylic acids is 1. The summed E-state index contributed by atoms with van der Waals surface area (Å²) in [5.74, 6) is -0.909. The molecule has 0 fully saturated rings. The number of hydrogen-bond acceptors (Lipinski definition) is 2. The maximum Gasteiger partial charge on any atom is 0.309 e. The number of aliphatic carboxylic acids is 1. The third kappa shape index (κ3) is 3.13. The summed E-state index contributed by atoms with van der Waals surface area (Å²) in [4.78, 5) is 11.1. The highest BCUT2D eigenvalue weighted by molar-refractivity contribution is 6.32. The number of carbonyl (C=O) groups is 1. The van der Waals surface area contributed by atoms with Crippen LogP contribution in [0.2, 0.25) is 5.02 Å².